The van der Waals surface area contributed by atoms with Crippen LogP contribution in [0.1, 0.15) is 35.6 Å². The normalized spacial score (nSPS) is 17.3. The van der Waals surface area contributed by atoms with Gasteiger partial charge in [-0.25, -0.2) is 4.79 Å². The molecule has 0 radical (unpaired) electrons. The number of amides is 2. The number of anilines is 2. The fourth-order valence-corrected chi connectivity index (χ4v) is 3.26. The molecule has 0 bridgehead atoms. The second-order valence-corrected chi connectivity index (χ2v) is 7.29. The lowest BCUT2D eigenvalue weighted by atomic mass is 10.1. The van der Waals surface area contributed by atoms with Crippen LogP contribution in [-0.4, -0.2) is 47.3 Å². The van der Waals surface area contributed by atoms with Gasteiger partial charge < -0.3 is 15.1 Å². The summed E-state index contributed by atoms with van der Waals surface area (Å²) in [6.07, 6.45) is 2.48. The van der Waals surface area contributed by atoms with Crippen LogP contribution in [0.4, 0.5) is 16.3 Å². The van der Waals surface area contributed by atoms with Gasteiger partial charge in [0.25, 0.3) is 0 Å². The number of aryl methyl sites for hydroxylation is 2. The standard InChI is InChI=1S/C20H25N5O/c1-14-3-6-17(13-15(14)2)21-20(26)25-11-9-24(10-12-25)19-8-7-18(22-23-19)16-4-5-16/h3,6-8,13,16H,4-5,9-12H2,1-2H3,(H,21,26). The van der Waals surface area contributed by atoms with Crippen LogP contribution in [0.25, 0.3) is 0 Å². The molecular weight excluding hydrogens is 326 g/mol. The van der Waals surface area contributed by atoms with Crippen molar-refractivity contribution in [3.05, 3.63) is 47.2 Å². The Bertz CT molecular complexity index is 792. The van der Waals surface area contributed by atoms with E-state index in [1.807, 2.05) is 23.1 Å². The molecule has 6 heteroatoms. The number of piperazine rings is 1. The van der Waals surface area contributed by atoms with E-state index < -0.39 is 0 Å². The number of aromatic nitrogens is 2. The van der Waals surface area contributed by atoms with Crippen LogP contribution >= 0.6 is 0 Å². The zero-order valence-corrected chi connectivity index (χ0v) is 15.4. The molecular formula is C20H25N5O. The second kappa shape index (κ2) is 6.94. The minimum atomic E-state index is -0.0388. The van der Waals surface area contributed by atoms with Gasteiger partial charge in [0.1, 0.15) is 0 Å². The molecule has 0 spiro atoms. The van der Waals surface area contributed by atoms with Crippen molar-refractivity contribution in [3.63, 3.8) is 0 Å². The van der Waals surface area contributed by atoms with E-state index in [1.54, 1.807) is 0 Å². The summed E-state index contributed by atoms with van der Waals surface area (Å²) in [5, 5.41) is 11.7. The molecule has 4 rings (SSSR count). The van der Waals surface area contributed by atoms with Crippen molar-refractivity contribution in [1.82, 2.24) is 15.1 Å². The van der Waals surface area contributed by atoms with E-state index in [2.05, 4.69) is 46.4 Å². The number of hydrogen-bond donors (Lipinski definition) is 1. The van der Waals surface area contributed by atoms with E-state index >= 15 is 0 Å². The molecule has 26 heavy (non-hydrogen) atoms. The summed E-state index contributed by atoms with van der Waals surface area (Å²) in [4.78, 5) is 16.6. The largest absolute Gasteiger partial charge is 0.352 e. The fraction of sp³-hybridized carbons (Fsp3) is 0.450. The molecule has 1 saturated heterocycles. The van der Waals surface area contributed by atoms with E-state index in [1.165, 1.54) is 24.0 Å². The van der Waals surface area contributed by atoms with Gasteiger partial charge in [-0.15, -0.1) is 5.10 Å². The van der Waals surface area contributed by atoms with Crippen molar-refractivity contribution in [2.75, 3.05) is 36.4 Å². The van der Waals surface area contributed by atoms with Crippen molar-refractivity contribution in [3.8, 4) is 0 Å². The number of carbonyl (C=O) groups is 1. The predicted molar refractivity (Wildman–Crippen MR) is 103 cm³/mol. The van der Waals surface area contributed by atoms with Crippen LogP contribution in [0.5, 0.6) is 0 Å². The Morgan fingerprint density at radius 1 is 1.00 bits per heavy atom. The number of carbonyl (C=O) groups excluding carboxylic acids is 1. The number of benzene rings is 1. The molecule has 2 aromatic rings. The molecule has 1 aliphatic carbocycles. The zero-order valence-electron chi connectivity index (χ0n) is 15.4. The second-order valence-electron chi connectivity index (χ2n) is 7.29. The summed E-state index contributed by atoms with van der Waals surface area (Å²) in [7, 11) is 0. The van der Waals surface area contributed by atoms with Gasteiger partial charge in [-0.1, -0.05) is 6.07 Å². The molecule has 1 aromatic heterocycles. The third-order valence-corrected chi connectivity index (χ3v) is 5.32. The van der Waals surface area contributed by atoms with Gasteiger partial charge >= 0.3 is 6.03 Å². The van der Waals surface area contributed by atoms with Crippen molar-refractivity contribution < 1.29 is 4.79 Å². The molecule has 1 aliphatic heterocycles. The average molecular weight is 351 g/mol. The number of nitrogens with one attached hydrogen (secondary N) is 1. The van der Waals surface area contributed by atoms with Crippen LogP contribution in [0, 0.1) is 13.8 Å². The Hall–Kier alpha value is -2.63. The van der Waals surface area contributed by atoms with Gasteiger partial charge in [-0.2, -0.15) is 5.10 Å². The maximum Gasteiger partial charge on any atom is 0.321 e. The molecule has 0 unspecified atom stereocenters. The van der Waals surface area contributed by atoms with E-state index in [4.69, 9.17) is 0 Å². The first-order valence-corrected chi connectivity index (χ1v) is 9.32. The molecule has 1 aromatic carbocycles. The third-order valence-electron chi connectivity index (χ3n) is 5.32. The summed E-state index contributed by atoms with van der Waals surface area (Å²) in [5.41, 5.74) is 4.37. The van der Waals surface area contributed by atoms with Crippen LogP contribution < -0.4 is 10.2 Å². The molecule has 1 N–H and O–H groups in total. The van der Waals surface area contributed by atoms with Gasteiger partial charge in [-0.3, -0.25) is 0 Å². The monoisotopic (exact) mass is 351 g/mol. The minimum Gasteiger partial charge on any atom is -0.352 e. The van der Waals surface area contributed by atoms with Gasteiger partial charge in [0.15, 0.2) is 5.82 Å². The molecule has 0 atom stereocenters. The first kappa shape index (κ1) is 16.8. The summed E-state index contributed by atoms with van der Waals surface area (Å²) < 4.78 is 0. The van der Waals surface area contributed by atoms with Gasteiger partial charge in [0.2, 0.25) is 0 Å². The molecule has 2 heterocycles. The summed E-state index contributed by atoms with van der Waals surface area (Å²) in [6.45, 7) is 7.04. The Morgan fingerprint density at radius 3 is 2.38 bits per heavy atom. The van der Waals surface area contributed by atoms with E-state index in [0.717, 1.165) is 30.3 Å². The highest BCUT2D eigenvalue weighted by Gasteiger charge is 2.26. The van der Waals surface area contributed by atoms with E-state index in [0.29, 0.717) is 19.0 Å². The van der Waals surface area contributed by atoms with Crippen molar-refractivity contribution in [2.45, 2.75) is 32.6 Å². The molecule has 136 valence electrons. The Labute approximate surface area is 154 Å². The Balaban J connectivity index is 1.32. The van der Waals surface area contributed by atoms with Crippen LogP contribution in [0.2, 0.25) is 0 Å². The maximum atomic E-state index is 12.5. The van der Waals surface area contributed by atoms with Crippen molar-refractivity contribution in [2.24, 2.45) is 0 Å². The van der Waals surface area contributed by atoms with Gasteiger partial charge in [0.05, 0.1) is 5.69 Å². The smallest absolute Gasteiger partial charge is 0.321 e. The highest BCUT2D eigenvalue weighted by atomic mass is 16.2. The third kappa shape index (κ3) is 3.64. The van der Waals surface area contributed by atoms with Gasteiger partial charge in [-0.05, 0) is 62.1 Å². The quantitative estimate of drug-likeness (QED) is 0.921. The zero-order chi connectivity index (χ0) is 18.1. The summed E-state index contributed by atoms with van der Waals surface area (Å²) in [5.74, 6) is 1.53. The predicted octanol–water partition coefficient (Wildman–Crippen LogP) is 3.32. The molecule has 2 aliphatic rings. The van der Waals surface area contributed by atoms with Crippen LogP contribution in [0.3, 0.4) is 0 Å². The maximum absolute atomic E-state index is 12.5. The molecule has 6 nitrogen and oxygen atoms in total. The SMILES string of the molecule is Cc1ccc(NC(=O)N2CCN(c3ccc(C4CC4)nn3)CC2)cc1C. The summed E-state index contributed by atoms with van der Waals surface area (Å²) >= 11 is 0. The van der Waals surface area contributed by atoms with Crippen molar-refractivity contribution >= 4 is 17.5 Å². The van der Waals surface area contributed by atoms with E-state index in [-0.39, 0.29) is 6.03 Å². The van der Waals surface area contributed by atoms with Gasteiger partial charge in [0, 0.05) is 37.8 Å². The first-order valence-electron chi connectivity index (χ1n) is 9.32. The van der Waals surface area contributed by atoms with E-state index in [9.17, 15) is 4.79 Å². The average Bonchev–Trinajstić information content (AvgIpc) is 3.50. The number of rotatable bonds is 3. The number of hydrogen-bond acceptors (Lipinski definition) is 4. The lowest BCUT2D eigenvalue weighted by Gasteiger charge is -2.35. The lowest BCUT2D eigenvalue weighted by Crippen LogP contribution is -2.50. The van der Waals surface area contributed by atoms with Crippen molar-refractivity contribution in [1.29, 1.82) is 0 Å². The lowest BCUT2D eigenvalue weighted by molar-refractivity contribution is 0.208. The highest BCUT2D eigenvalue weighted by molar-refractivity contribution is 5.89. The minimum absolute atomic E-state index is 0.0388. The highest BCUT2D eigenvalue weighted by Crippen LogP contribution is 2.38. The Morgan fingerprint density at radius 2 is 1.77 bits per heavy atom. The number of urea groups is 1. The fourth-order valence-electron chi connectivity index (χ4n) is 3.26. The topological polar surface area (TPSA) is 61.4 Å². The summed E-state index contributed by atoms with van der Waals surface area (Å²) in [6, 6.07) is 10.1. The van der Waals surface area contributed by atoms with Crippen LogP contribution in [0.15, 0.2) is 30.3 Å². The molecule has 1 saturated carbocycles. The van der Waals surface area contributed by atoms with Crippen LogP contribution in [-0.2, 0) is 0 Å². The molecule has 2 fully saturated rings. The number of nitrogens with zero attached hydrogens (tertiary/aromatic N) is 4. The Kier molecular flexibility index (Phi) is 4.49. The molecule has 2 amide bonds. The first-order chi connectivity index (χ1) is 12.6.